The summed E-state index contributed by atoms with van der Waals surface area (Å²) in [4.78, 5) is 0. The number of fused-ring (bicyclic) bond motifs is 2. The quantitative estimate of drug-likeness (QED) is 0.342. The van der Waals surface area contributed by atoms with Crippen LogP contribution in [0.5, 0.6) is 0 Å². The fourth-order valence-electron chi connectivity index (χ4n) is 11.5. The van der Waals surface area contributed by atoms with Crippen molar-refractivity contribution in [2.75, 3.05) is 0 Å². The van der Waals surface area contributed by atoms with Gasteiger partial charge in [0.05, 0.1) is 0 Å². The second-order valence-corrected chi connectivity index (χ2v) is 21.3. The van der Waals surface area contributed by atoms with Gasteiger partial charge in [0.1, 0.15) is 11.5 Å². The van der Waals surface area contributed by atoms with Gasteiger partial charge in [0, 0.05) is 11.8 Å². The fraction of sp³-hybridized carbons (Fsp3) is 0.939. The highest BCUT2D eigenvalue weighted by atomic mass is 28.4. The molecule has 0 aromatic heterocycles. The molecule has 2 nitrogen and oxygen atoms in total. The van der Waals surface area contributed by atoms with E-state index in [4.69, 9.17) is 4.43 Å². The average molecular weight is 515 g/mol. The summed E-state index contributed by atoms with van der Waals surface area (Å²) in [5.41, 5.74) is 1.39. The van der Waals surface area contributed by atoms with Crippen LogP contribution in [0.4, 0.5) is 0 Å². The molecule has 5 aliphatic rings. The molecule has 0 aromatic rings. The zero-order valence-electron chi connectivity index (χ0n) is 25.5. The van der Waals surface area contributed by atoms with Crippen molar-refractivity contribution in [1.29, 1.82) is 0 Å². The summed E-state index contributed by atoms with van der Waals surface area (Å²) in [6.45, 7) is 24.5. The first-order valence-corrected chi connectivity index (χ1v) is 19.1. The summed E-state index contributed by atoms with van der Waals surface area (Å²) < 4.78 is 6.65. The van der Waals surface area contributed by atoms with Crippen molar-refractivity contribution in [1.82, 2.24) is 0 Å². The Morgan fingerprint density at radius 3 is 2.19 bits per heavy atom. The van der Waals surface area contributed by atoms with Crippen LogP contribution in [0, 0.1) is 56.7 Å². The molecule has 0 aromatic carbocycles. The Morgan fingerprint density at radius 1 is 0.889 bits per heavy atom. The van der Waals surface area contributed by atoms with Crippen molar-refractivity contribution >= 4 is 8.32 Å². The Hall–Kier alpha value is -0.443. The molecule has 0 saturated heterocycles. The largest absolute Gasteiger partial charge is 0.545 e. The lowest BCUT2D eigenvalue weighted by atomic mass is 9.42. The predicted octanol–water partition coefficient (Wildman–Crippen LogP) is 10.1. The molecule has 3 heteroatoms. The van der Waals surface area contributed by atoms with Gasteiger partial charge in [-0.15, -0.1) is 0 Å². The van der Waals surface area contributed by atoms with E-state index in [0.29, 0.717) is 27.9 Å². The Balaban J connectivity index is 1.46. The van der Waals surface area contributed by atoms with E-state index in [0.717, 1.165) is 35.9 Å². The lowest BCUT2D eigenvalue weighted by Gasteiger charge is -2.62. The van der Waals surface area contributed by atoms with Gasteiger partial charge < -0.3 is 9.53 Å². The highest BCUT2D eigenvalue weighted by molar-refractivity contribution is 6.70. The van der Waals surface area contributed by atoms with Gasteiger partial charge in [-0.2, -0.15) is 0 Å². The molecule has 4 saturated carbocycles. The highest BCUT2D eigenvalue weighted by Gasteiger charge is 2.84. The normalized spacial score (nSPS) is 46.0. The molecular weight excluding hydrogens is 456 g/mol. The molecule has 4 fully saturated rings. The lowest BCUT2D eigenvalue weighted by molar-refractivity contribution is -0.137. The topological polar surface area (TPSA) is 29.5 Å². The third kappa shape index (κ3) is 3.59. The van der Waals surface area contributed by atoms with Crippen LogP contribution in [0.15, 0.2) is 11.5 Å². The first-order valence-electron chi connectivity index (χ1n) is 15.7. The number of allylic oxidation sites excluding steroid dienone is 2. The van der Waals surface area contributed by atoms with Gasteiger partial charge in [-0.1, -0.05) is 67.7 Å². The highest BCUT2D eigenvalue weighted by Crippen LogP contribution is 2.89. The molecule has 0 aliphatic heterocycles. The summed E-state index contributed by atoms with van der Waals surface area (Å²) in [6.07, 6.45) is 14.5. The van der Waals surface area contributed by atoms with E-state index in [-0.39, 0.29) is 10.8 Å². The number of aliphatic hydroxyl groups excluding tert-OH is 1. The molecular formula is C33H58O2Si. The molecule has 1 N–H and O–H groups in total. The minimum atomic E-state index is -1.77. The first-order chi connectivity index (χ1) is 16.5. The zero-order valence-corrected chi connectivity index (χ0v) is 26.5. The zero-order chi connectivity index (χ0) is 26.5. The second-order valence-electron chi connectivity index (χ2n) is 16.9. The van der Waals surface area contributed by atoms with E-state index in [2.05, 4.69) is 68.1 Å². The maximum absolute atomic E-state index is 12.0. The van der Waals surface area contributed by atoms with E-state index < -0.39 is 8.32 Å². The Labute approximate surface area is 224 Å². The molecule has 0 radical (unpaired) electrons. The van der Waals surface area contributed by atoms with E-state index in [1.165, 1.54) is 64.2 Å². The smallest absolute Gasteiger partial charge is 0.241 e. The Bertz CT molecular complexity index is 913. The van der Waals surface area contributed by atoms with Crippen LogP contribution in [0.2, 0.25) is 19.6 Å². The minimum absolute atomic E-state index is 0.00203. The molecule has 0 heterocycles. The van der Waals surface area contributed by atoms with Crippen LogP contribution in [-0.4, -0.2) is 13.4 Å². The van der Waals surface area contributed by atoms with Gasteiger partial charge in [-0.3, -0.25) is 0 Å². The van der Waals surface area contributed by atoms with Crippen LogP contribution >= 0.6 is 0 Å². The van der Waals surface area contributed by atoms with Gasteiger partial charge in [-0.05, 0) is 116 Å². The van der Waals surface area contributed by atoms with Gasteiger partial charge in [0.2, 0.25) is 8.32 Å². The standard InChI is InChI=1S/C33H58O2Si/c1-22(2)12-11-13-23(3)24-16-17-31(7)27-15-14-26-29(4,5)20-25(35-36(8,9)10)28(34)33(26)21-32(27,33)19-18-30(24,31)6/h22-24,26-27,34H,11-21H2,1-10H3/t23-,24-,26+,27+,30-,31+,32+,33-/m1/s1. The summed E-state index contributed by atoms with van der Waals surface area (Å²) in [6, 6.07) is 0. The van der Waals surface area contributed by atoms with Gasteiger partial charge in [0.25, 0.3) is 0 Å². The molecule has 5 rings (SSSR count). The van der Waals surface area contributed by atoms with Crippen LogP contribution in [0.3, 0.4) is 0 Å². The number of rotatable bonds is 7. The molecule has 5 aliphatic carbocycles. The monoisotopic (exact) mass is 514 g/mol. The molecule has 36 heavy (non-hydrogen) atoms. The van der Waals surface area contributed by atoms with Crippen molar-refractivity contribution in [3.05, 3.63) is 11.5 Å². The van der Waals surface area contributed by atoms with E-state index >= 15 is 0 Å². The molecule has 0 unspecified atom stereocenters. The molecule has 206 valence electrons. The Morgan fingerprint density at radius 2 is 1.56 bits per heavy atom. The summed E-state index contributed by atoms with van der Waals surface area (Å²) in [5.74, 6) is 5.60. The molecule has 0 amide bonds. The summed E-state index contributed by atoms with van der Waals surface area (Å²) >= 11 is 0. The SMILES string of the molecule is CC(C)CCC[C@@H](C)[C@H]1CC[C@@]2(C)[C@@H]3CC[C@H]4C(C)(C)CC(O[Si](C)(C)C)=C(O)[C@@]45C[C@@]35CC[C@]12C. The third-order valence-corrected chi connectivity index (χ3v) is 14.0. The van der Waals surface area contributed by atoms with Crippen molar-refractivity contribution in [2.45, 2.75) is 139 Å². The predicted molar refractivity (Wildman–Crippen MR) is 154 cm³/mol. The Kier molecular flexibility index (Phi) is 6.24. The molecule has 2 spiro atoms. The van der Waals surface area contributed by atoms with Crippen molar-refractivity contribution in [3.8, 4) is 0 Å². The first kappa shape index (κ1) is 27.1. The van der Waals surface area contributed by atoms with Crippen LogP contribution in [0.1, 0.15) is 119 Å². The van der Waals surface area contributed by atoms with Gasteiger partial charge in [-0.25, -0.2) is 0 Å². The summed E-state index contributed by atoms with van der Waals surface area (Å²) in [7, 11) is -1.77. The minimum Gasteiger partial charge on any atom is -0.545 e. The second kappa shape index (κ2) is 8.28. The number of hydrogen-bond donors (Lipinski definition) is 1. The van der Waals surface area contributed by atoms with Crippen molar-refractivity contribution in [3.63, 3.8) is 0 Å². The van der Waals surface area contributed by atoms with Crippen molar-refractivity contribution < 1.29 is 9.53 Å². The van der Waals surface area contributed by atoms with Gasteiger partial charge in [0.15, 0.2) is 0 Å². The van der Waals surface area contributed by atoms with Crippen molar-refractivity contribution in [2.24, 2.45) is 56.7 Å². The van der Waals surface area contributed by atoms with Crippen LogP contribution < -0.4 is 0 Å². The number of hydrogen-bond acceptors (Lipinski definition) is 2. The number of aliphatic hydroxyl groups is 1. The van der Waals surface area contributed by atoms with E-state index in [1.807, 2.05) is 0 Å². The van der Waals surface area contributed by atoms with E-state index in [9.17, 15) is 5.11 Å². The molecule has 0 bridgehead atoms. The fourth-order valence-corrected chi connectivity index (χ4v) is 12.4. The van der Waals surface area contributed by atoms with E-state index in [1.54, 1.807) is 0 Å². The lowest BCUT2D eigenvalue weighted by Crippen LogP contribution is -2.56. The average Bonchev–Trinajstić information content (AvgIpc) is 3.35. The summed E-state index contributed by atoms with van der Waals surface area (Å²) in [5, 5.41) is 12.0. The van der Waals surface area contributed by atoms with Gasteiger partial charge >= 0.3 is 0 Å². The van der Waals surface area contributed by atoms with Crippen LogP contribution in [0.25, 0.3) is 0 Å². The third-order valence-electron chi connectivity index (χ3n) is 13.1. The maximum Gasteiger partial charge on any atom is 0.241 e. The maximum atomic E-state index is 12.0. The molecule has 8 atom stereocenters. The van der Waals surface area contributed by atoms with Crippen LogP contribution in [-0.2, 0) is 4.43 Å².